The van der Waals surface area contributed by atoms with Gasteiger partial charge in [-0.15, -0.1) is 0 Å². The lowest BCUT2D eigenvalue weighted by molar-refractivity contribution is -0.207. The monoisotopic (exact) mass is 408 g/mol. The Morgan fingerprint density at radius 1 is 1.03 bits per heavy atom. The second-order valence-electron chi connectivity index (χ2n) is 11.4. The topological polar surface area (TPSA) is 98.0 Å². The first kappa shape index (κ1) is 21.6. The molecule has 4 aliphatic rings. The standard InChI is InChI=1S/C24H40O5/c1-13(4-7-21(28)29)16-5-6-17-22-18(12-20(27)24(16,17)3)23(2)9-8-15(25)10-14(23)11-19(22)26/h13-20,22,25-27H,4-12H2,1-3H3,(H,28,29)/t13-,14?,15?,16-,17+,18+,19?,20?,22+,23+,24-/m1/s1. The van der Waals surface area contributed by atoms with Gasteiger partial charge in [0.05, 0.1) is 18.3 Å². The third-order valence-corrected chi connectivity index (χ3v) is 10.3. The van der Waals surface area contributed by atoms with Gasteiger partial charge in [-0.1, -0.05) is 20.8 Å². The SMILES string of the molecule is C[C@H](CCC(=O)O)[C@H]1CC[C@H]2[C@@H]3C(O)CC4CC(O)CC[C@]4(C)[C@H]3CC(O)[C@]12C. The summed E-state index contributed by atoms with van der Waals surface area (Å²) in [5.74, 6) is 0.997. The van der Waals surface area contributed by atoms with E-state index in [0.29, 0.717) is 30.1 Å². The van der Waals surface area contributed by atoms with Crippen LogP contribution in [-0.4, -0.2) is 44.7 Å². The van der Waals surface area contributed by atoms with Gasteiger partial charge in [-0.25, -0.2) is 0 Å². The molecule has 11 atom stereocenters. The first-order chi connectivity index (χ1) is 13.6. The molecule has 4 rings (SSSR count). The van der Waals surface area contributed by atoms with E-state index < -0.39 is 12.1 Å². The van der Waals surface area contributed by atoms with Crippen molar-refractivity contribution >= 4 is 5.97 Å². The molecule has 0 aromatic carbocycles. The molecule has 4 N–H and O–H groups in total. The number of carboxylic acids is 1. The van der Waals surface area contributed by atoms with E-state index in [1.54, 1.807) is 0 Å². The number of aliphatic carboxylic acids is 1. The Balaban J connectivity index is 1.61. The number of fused-ring (bicyclic) bond motifs is 5. The van der Waals surface area contributed by atoms with Crippen molar-refractivity contribution in [2.45, 2.75) is 96.9 Å². The van der Waals surface area contributed by atoms with E-state index in [1.807, 2.05) is 0 Å². The summed E-state index contributed by atoms with van der Waals surface area (Å²) in [6, 6.07) is 0. The number of hydrogen-bond acceptors (Lipinski definition) is 4. The number of carbonyl (C=O) groups is 1. The van der Waals surface area contributed by atoms with E-state index in [4.69, 9.17) is 5.11 Å². The third-order valence-electron chi connectivity index (χ3n) is 10.3. The predicted octanol–water partition coefficient (Wildman–Crippen LogP) is 3.45. The van der Waals surface area contributed by atoms with Crippen molar-refractivity contribution in [3.63, 3.8) is 0 Å². The first-order valence-electron chi connectivity index (χ1n) is 11.8. The van der Waals surface area contributed by atoms with E-state index in [9.17, 15) is 20.1 Å². The van der Waals surface area contributed by atoms with Gasteiger partial charge < -0.3 is 20.4 Å². The Hall–Kier alpha value is -0.650. The van der Waals surface area contributed by atoms with Gasteiger partial charge in [0, 0.05) is 6.42 Å². The Kier molecular flexibility index (Phi) is 5.57. The molecular weight excluding hydrogens is 368 g/mol. The van der Waals surface area contributed by atoms with Crippen LogP contribution >= 0.6 is 0 Å². The maximum atomic E-state index is 11.5. The van der Waals surface area contributed by atoms with E-state index in [2.05, 4.69) is 20.8 Å². The highest BCUT2D eigenvalue weighted by Gasteiger charge is 2.65. The second kappa shape index (κ2) is 7.49. The highest BCUT2D eigenvalue weighted by molar-refractivity contribution is 5.66. The molecule has 0 aromatic heterocycles. The molecule has 4 fully saturated rings. The summed E-state index contributed by atoms with van der Waals surface area (Å²) in [5.41, 5.74) is -0.143. The highest BCUT2D eigenvalue weighted by Crippen LogP contribution is 2.68. The molecule has 0 saturated heterocycles. The summed E-state index contributed by atoms with van der Waals surface area (Å²) in [7, 11) is 0. The number of carboxylic acid groups (broad SMARTS) is 1. The average Bonchev–Trinajstić information content (AvgIpc) is 3.01. The van der Waals surface area contributed by atoms with Crippen LogP contribution < -0.4 is 0 Å². The van der Waals surface area contributed by atoms with Crippen LogP contribution in [0.2, 0.25) is 0 Å². The summed E-state index contributed by atoms with van der Waals surface area (Å²) in [5, 5.41) is 42.0. The molecule has 4 saturated carbocycles. The van der Waals surface area contributed by atoms with E-state index in [0.717, 1.165) is 44.9 Å². The molecule has 29 heavy (non-hydrogen) atoms. The Morgan fingerprint density at radius 2 is 1.76 bits per heavy atom. The summed E-state index contributed by atoms with van der Waals surface area (Å²) < 4.78 is 0. The fraction of sp³-hybridized carbons (Fsp3) is 0.958. The molecule has 0 aliphatic heterocycles. The lowest BCUT2D eigenvalue weighted by Crippen LogP contribution is -2.62. The molecule has 166 valence electrons. The molecule has 0 radical (unpaired) electrons. The third kappa shape index (κ3) is 3.27. The lowest BCUT2D eigenvalue weighted by Gasteiger charge is -2.63. The van der Waals surface area contributed by atoms with E-state index in [1.165, 1.54) is 0 Å². The molecule has 4 aliphatic carbocycles. The van der Waals surface area contributed by atoms with Crippen LogP contribution in [0.5, 0.6) is 0 Å². The van der Waals surface area contributed by atoms with Crippen LogP contribution in [-0.2, 0) is 4.79 Å². The average molecular weight is 409 g/mol. The minimum absolute atomic E-state index is 0.0957. The van der Waals surface area contributed by atoms with Crippen molar-refractivity contribution in [1.29, 1.82) is 0 Å². The van der Waals surface area contributed by atoms with E-state index in [-0.39, 0.29) is 41.3 Å². The Bertz CT molecular complexity index is 637. The fourth-order valence-electron chi connectivity index (χ4n) is 8.68. The zero-order valence-corrected chi connectivity index (χ0v) is 18.3. The molecule has 0 heterocycles. The number of aliphatic hydroxyl groups is 3. The number of hydrogen-bond donors (Lipinski definition) is 4. The van der Waals surface area contributed by atoms with Gasteiger partial charge in [0.15, 0.2) is 0 Å². The summed E-state index contributed by atoms with van der Waals surface area (Å²) in [4.78, 5) is 11.1. The van der Waals surface area contributed by atoms with Crippen molar-refractivity contribution in [3.8, 4) is 0 Å². The molecule has 5 heteroatoms. The maximum absolute atomic E-state index is 11.5. The minimum atomic E-state index is -0.748. The van der Waals surface area contributed by atoms with Crippen LogP contribution in [0.4, 0.5) is 0 Å². The van der Waals surface area contributed by atoms with Crippen molar-refractivity contribution in [3.05, 3.63) is 0 Å². The highest BCUT2D eigenvalue weighted by atomic mass is 16.4. The number of aliphatic hydroxyl groups excluding tert-OH is 3. The molecule has 5 nitrogen and oxygen atoms in total. The smallest absolute Gasteiger partial charge is 0.303 e. The van der Waals surface area contributed by atoms with Crippen molar-refractivity contribution in [2.75, 3.05) is 0 Å². The maximum Gasteiger partial charge on any atom is 0.303 e. The lowest BCUT2D eigenvalue weighted by atomic mass is 9.43. The fourth-order valence-corrected chi connectivity index (χ4v) is 8.68. The predicted molar refractivity (Wildman–Crippen MR) is 110 cm³/mol. The normalized spacial score (nSPS) is 52.9. The van der Waals surface area contributed by atoms with Gasteiger partial charge in [-0.3, -0.25) is 4.79 Å². The van der Waals surface area contributed by atoms with Crippen molar-refractivity contribution in [2.24, 2.45) is 46.3 Å². The molecule has 0 aromatic rings. The number of rotatable bonds is 4. The zero-order chi connectivity index (χ0) is 21.1. The van der Waals surface area contributed by atoms with Gasteiger partial charge in [0.2, 0.25) is 0 Å². The van der Waals surface area contributed by atoms with Gasteiger partial charge in [0.1, 0.15) is 0 Å². The Morgan fingerprint density at radius 3 is 2.45 bits per heavy atom. The van der Waals surface area contributed by atoms with Crippen molar-refractivity contribution < 1.29 is 25.2 Å². The largest absolute Gasteiger partial charge is 0.481 e. The minimum Gasteiger partial charge on any atom is -0.481 e. The van der Waals surface area contributed by atoms with Crippen LogP contribution in [0.25, 0.3) is 0 Å². The van der Waals surface area contributed by atoms with E-state index >= 15 is 0 Å². The molecule has 0 bridgehead atoms. The van der Waals surface area contributed by atoms with Gasteiger partial charge in [0.25, 0.3) is 0 Å². The zero-order valence-electron chi connectivity index (χ0n) is 18.3. The molecule has 0 amide bonds. The summed E-state index contributed by atoms with van der Waals surface area (Å²) >= 11 is 0. The molecule has 4 unspecified atom stereocenters. The first-order valence-corrected chi connectivity index (χ1v) is 11.8. The molecule has 0 spiro atoms. The van der Waals surface area contributed by atoms with Crippen LogP contribution in [0.3, 0.4) is 0 Å². The second-order valence-corrected chi connectivity index (χ2v) is 11.4. The molecular formula is C24H40O5. The van der Waals surface area contributed by atoms with Crippen LogP contribution in [0.1, 0.15) is 78.6 Å². The van der Waals surface area contributed by atoms with Gasteiger partial charge in [-0.2, -0.15) is 0 Å². The quantitative estimate of drug-likeness (QED) is 0.571. The summed E-state index contributed by atoms with van der Waals surface area (Å²) in [6.45, 7) is 6.72. The van der Waals surface area contributed by atoms with Crippen molar-refractivity contribution in [1.82, 2.24) is 0 Å². The summed E-state index contributed by atoms with van der Waals surface area (Å²) in [6.07, 6.45) is 6.00. The van der Waals surface area contributed by atoms with Gasteiger partial charge in [-0.05, 0) is 97.7 Å². The van der Waals surface area contributed by atoms with Gasteiger partial charge >= 0.3 is 5.97 Å². The van der Waals surface area contributed by atoms with Crippen LogP contribution in [0.15, 0.2) is 0 Å². The van der Waals surface area contributed by atoms with Crippen LogP contribution in [0, 0.1) is 46.3 Å². The Labute approximate surface area is 174 Å².